The van der Waals surface area contributed by atoms with Gasteiger partial charge in [0.15, 0.2) is 0 Å². The zero-order valence-electron chi connectivity index (χ0n) is 13.9. The number of carbonyl (C=O) groups excluding carboxylic acids is 2. The van der Waals surface area contributed by atoms with E-state index in [2.05, 4.69) is 15.5 Å². The van der Waals surface area contributed by atoms with Crippen molar-refractivity contribution in [3.63, 3.8) is 0 Å². The first-order chi connectivity index (χ1) is 11.4. The molecule has 0 aromatic heterocycles. The molecule has 3 rings (SSSR count). The smallest absolute Gasteiger partial charge is 0.262 e. The fourth-order valence-corrected chi connectivity index (χ4v) is 3.47. The van der Waals surface area contributed by atoms with Gasteiger partial charge < -0.3 is 10.2 Å². The van der Waals surface area contributed by atoms with Crippen LogP contribution in [0.1, 0.15) is 25.7 Å². The van der Waals surface area contributed by atoms with Gasteiger partial charge in [0.25, 0.3) is 5.92 Å². The number of rotatable bonds is 5. The molecular weight excluding hydrogens is 318 g/mol. The molecule has 0 aromatic carbocycles. The lowest BCUT2D eigenvalue weighted by atomic mass is 9.84. The largest absolute Gasteiger partial charge is 0.353 e. The van der Waals surface area contributed by atoms with Crippen LogP contribution < -0.4 is 10.6 Å². The van der Waals surface area contributed by atoms with E-state index >= 15 is 0 Å². The molecule has 1 unspecified atom stereocenters. The van der Waals surface area contributed by atoms with E-state index in [1.807, 2.05) is 4.90 Å². The first-order valence-corrected chi connectivity index (χ1v) is 8.85. The minimum Gasteiger partial charge on any atom is -0.353 e. The van der Waals surface area contributed by atoms with Gasteiger partial charge in [0.2, 0.25) is 11.8 Å². The van der Waals surface area contributed by atoms with Crippen molar-refractivity contribution < 1.29 is 18.4 Å². The average Bonchev–Trinajstić information content (AvgIpc) is 2.86. The van der Waals surface area contributed by atoms with Crippen molar-refractivity contribution in [1.82, 2.24) is 20.4 Å². The molecule has 2 saturated heterocycles. The van der Waals surface area contributed by atoms with E-state index < -0.39 is 24.9 Å². The molecule has 0 radical (unpaired) electrons. The number of amides is 2. The summed E-state index contributed by atoms with van der Waals surface area (Å²) < 4.78 is 26.1. The van der Waals surface area contributed by atoms with Gasteiger partial charge >= 0.3 is 0 Å². The zero-order valence-corrected chi connectivity index (χ0v) is 13.9. The van der Waals surface area contributed by atoms with Crippen molar-refractivity contribution in [1.29, 1.82) is 0 Å². The predicted octanol–water partition coefficient (Wildman–Crippen LogP) is 0.0441. The van der Waals surface area contributed by atoms with Crippen molar-refractivity contribution in [2.24, 2.45) is 5.92 Å². The van der Waals surface area contributed by atoms with Gasteiger partial charge in [-0.25, -0.2) is 8.78 Å². The topological polar surface area (TPSA) is 64.7 Å². The van der Waals surface area contributed by atoms with Crippen LogP contribution >= 0.6 is 0 Å². The number of hydrogen-bond acceptors (Lipinski definition) is 4. The molecule has 2 N–H and O–H groups in total. The molecule has 2 aliphatic heterocycles. The summed E-state index contributed by atoms with van der Waals surface area (Å²) in [6.45, 7) is 3.77. The Morgan fingerprint density at radius 2 is 1.88 bits per heavy atom. The summed E-state index contributed by atoms with van der Waals surface area (Å²) in [5.41, 5.74) is 0. The van der Waals surface area contributed by atoms with E-state index in [9.17, 15) is 18.4 Å². The minimum absolute atomic E-state index is 0.243. The number of halogens is 2. The maximum Gasteiger partial charge on any atom is 0.262 e. The highest BCUT2D eigenvalue weighted by Crippen LogP contribution is 2.28. The highest BCUT2D eigenvalue weighted by Gasteiger charge is 2.42. The van der Waals surface area contributed by atoms with Crippen molar-refractivity contribution in [3.05, 3.63) is 0 Å². The second-order valence-electron chi connectivity index (χ2n) is 7.08. The quantitative estimate of drug-likeness (QED) is 0.739. The lowest BCUT2D eigenvalue weighted by Gasteiger charge is -2.38. The number of nitrogens with zero attached hydrogens (tertiary/aromatic N) is 2. The second-order valence-corrected chi connectivity index (χ2v) is 7.08. The van der Waals surface area contributed by atoms with Crippen LogP contribution in [-0.4, -0.2) is 79.4 Å². The van der Waals surface area contributed by atoms with Gasteiger partial charge in [-0.05, 0) is 12.8 Å². The molecule has 0 bridgehead atoms. The first-order valence-electron chi connectivity index (χ1n) is 8.85. The van der Waals surface area contributed by atoms with Crippen LogP contribution in [0.15, 0.2) is 0 Å². The number of hydrogen-bond donors (Lipinski definition) is 2. The second kappa shape index (κ2) is 7.31. The molecule has 8 heteroatoms. The first kappa shape index (κ1) is 17.5. The predicted molar refractivity (Wildman–Crippen MR) is 84.7 cm³/mol. The molecular formula is C16H26F2N4O2. The third-order valence-electron chi connectivity index (χ3n) is 5.29. The van der Waals surface area contributed by atoms with Crippen molar-refractivity contribution in [2.45, 2.75) is 37.6 Å². The van der Waals surface area contributed by atoms with E-state index in [4.69, 9.17) is 0 Å². The van der Waals surface area contributed by atoms with Gasteiger partial charge in [-0.1, -0.05) is 6.42 Å². The summed E-state index contributed by atoms with van der Waals surface area (Å²) in [5, 5.41) is 5.28. The average molecular weight is 344 g/mol. The minimum atomic E-state index is -2.79. The van der Waals surface area contributed by atoms with Crippen molar-refractivity contribution in [3.8, 4) is 0 Å². The fraction of sp³-hybridized carbons (Fsp3) is 0.875. The number of carbonyl (C=O) groups is 2. The molecule has 1 saturated carbocycles. The fourth-order valence-electron chi connectivity index (χ4n) is 3.47. The third kappa shape index (κ3) is 4.22. The van der Waals surface area contributed by atoms with Crippen LogP contribution in [0.4, 0.5) is 8.78 Å². The lowest BCUT2D eigenvalue weighted by Crippen LogP contribution is -2.52. The Bertz CT molecular complexity index is 477. The molecule has 6 nitrogen and oxygen atoms in total. The van der Waals surface area contributed by atoms with Gasteiger partial charge in [0.1, 0.15) is 0 Å². The maximum atomic E-state index is 13.1. The Kier molecular flexibility index (Phi) is 5.34. The van der Waals surface area contributed by atoms with E-state index in [0.29, 0.717) is 19.0 Å². The van der Waals surface area contributed by atoms with Crippen LogP contribution in [0.3, 0.4) is 0 Å². The van der Waals surface area contributed by atoms with Crippen LogP contribution in [0.5, 0.6) is 0 Å². The van der Waals surface area contributed by atoms with E-state index in [0.717, 1.165) is 45.4 Å². The summed E-state index contributed by atoms with van der Waals surface area (Å²) in [6, 6.07) is -0.794. The Hall–Kier alpha value is -1.28. The standard InChI is InChI=1S/C16H26F2N4O2/c17-16(18)10-13(20-11-16)14(23)19-4-5-21-6-8-22(9-7-21)15(24)12-2-1-3-12/h12-13,20H,1-11H2,(H,19,23). The summed E-state index contributed by atoms with van der Waals surface area (Å²) in [5.74, 6) is -2.60. The molecule has 0 spiro atoms. The third-order valence-corrected chi connectivity index (χ3v) is 5.29. The summed E-state index contributed by atoms with van der Waals surface area (Å²) in [4.78, 5) is 28.2. The summed E-state index contributed by atoms with van der Waals surface area (Å²) >= 11 is 0. The van der Waals surface area contributed by atoms with Gasteiger partial charge in [-0.15, -0.1) is 0 Å². The summed E-state index contributed by atoms with van der Waals surface area (Å²) in [6.07, 6.45) is 2.79. The van der Waals surface area contributed by atoms with Crippen LogP contribution in [0.2, 0.25) is 0 Å². The SMILES string of the molecule is O=C(NCCN1CCN(C(=O)C2CCC2)CC1)C1CC(F)(F)CN1. The van der Waals surface area contributed by atoms with Gasteiger partial charge in [-0.2, -0.15) is 0 Å². The van der Waals surface area contributed by atoms with E-state index in [1.165, 1.54) is 0 Å². The van der Waals surface area contributed by atoms with Gasteiger partial charge in [0, 0.05) is 51.6 Å². The van der Waals surface area contributed by atoms with Crippen LogP contribution in [0.25, 0.3) is 0 Å². The van der Waals surface area contributed by atoms with Crippen molar-refractivity contribution >= 4 is 11.8 Å². The Labute approximate surface area is 140 Å². The maximum absolute atomic E-state index is 13.1. The molecule has 3 fully saturated rings. The molecule has 1 aliphatic carbocycles. The van der Waals surface area contributed by atoms with Crippen molar-refractivity contribution in [2.75, 3.05) is 45.8 Å². The van der Waals surface area contributed by atoms with E-state index in [1.54, 1.807) is 0 Å². The molecule has 0 aromatic rings. The highest BCUT2D eigenvalue weighted by atomic mass is 19.3. The number of piperazine rings is 1. The monoisotopic (exact) mass is 344 g/mol. The Morgan fingerprint density at radius 3 is 2.42 bits per heavy atom. The van der Waals surface area contributed by atoms with Gasteiger partial charge in [-0.3, -0.25) is 19.8 Å². The highest BCUT2D eigenvalue weighted by molar-refractivity contribution is 5.82. The molecule has 1 atom stereocenters. The molecule has 3 aliphatic rings. The van der Waals surface area contributed by atoms with Crippen LogP contribution in [-0.2, 0) is 9.59 Å². The van der Waals surface area contributed by atoms with Crippen LogP contribution in [0, 0.1) is 5.92 Å². The summed E-state index contributed by atoms with van der Waals surface area (Å²) in [7, 11) is 0. The van der Waals surface area contributed by atoms with E-state index in [-0.39, 0.29) is 11.8 Å². The molecule has 136 valence electrons. The molecule has 2 amide bonds. The lowest BCUT2D eigenvalue weighted by molar-refractivity contribution is -0.139. The number of alkyl halides is 2. The zero-order chi connectivity index (χ0) is 17.2. The molecule has 2 heterocycles. The van der Waals surface area contributed by atoms with Gasteiger partial charge in [0.05, 0.1) is 12.6 Å². The number of nitrogens with one attached hydrogen (secondary N) is 2. The normalized spacial score (nSPS) is 27.8. The molecule has 24 heavy (non-hydrogen) atoms. The Balaban J connectivity index is 1.31. The Morgan fingerprint density at radius 1 is 1.17 bits per heavy atom.